The molecule has 3 unspecified atom stereocenters. The third-order valence-corrected chi connectivity index (χ3v) is 9.38. The van der Waals surface area contributed by atoms with Crippen LogP contribution in [0.15, 0.2) is 59.1 Å². The summed E-state index contributed by atoms with van der Waals surface area (Å²) in [5, 5.41) is -6.08. The van der Waals surface area contributed by atoms with Gasteiger partial charge in [0.15, 0.2) is 0 Å². The third-order valence-electron chi connectivity index (χ3n) is 5.35. The number of halogens is 11. The van der Waals surface area contributed by atoms with Crippen LogP contribution in [-0.2, 0) is 19.9 Å². The lowest BCUT2D eigenvalue weighted by Crippen LogP contribution is -2.58. The molecule has 0 bridgehead atoms. The number of rotatable bonds is 5. The average molecular weight is 677 g/mol. The van der Waals surface area contributed by atoms with E-state index < -0.39 is 43.6 Å². The Morgan fingerprint density at radius 2 is 1.32 bits per heavy atom. The van der Waals surface area contributed by atoms with Gasteiger partial charge in [0, 0.05) is 10.0 Å². The Hall–Kier alpha value is -0.620. The van der Waals surface area contributed by atoms with Crippen molar-refractivity contribution in [3.63, 3.8) is 0 Å². The summed E-state index contributed by atoms with van der Waals surface area (Å²) in [5.74, 6) is -6.59. The van der Waals surface area contributed by atoms with Gasteiger partial charge < -0.3 is 0 Å². The van der Waals surface area contributed by atoms with Crippen molar-refractivity contribution in [2.75, 3.05) is 0 Å². The van der Waals surface area contributed by atoms with Crippen LogP contribution in [0, 0.1) is 0 Å². The minimum atomic E-state index is -6.66. The maximum absolute atomic E-state index is 14.9. The lowest BCUT2D eigenvalue weighted by Gasteiger charge is -2.45. The maximum Gasteiger partial charge on any atom is 0.461 e. The quantitative estimate of drug-likeness (QED) is 0.228. The molecule has 0 N–H and O–H groups in total. The lowest BCUT2D eigenvalue weighted by molar-refractivity contribution is -0.331. The molecule has 0 aliphatic heterocycles. The van der Waals surface area contributed by atoms with Crippen molar-refractivity contribution in [3.05, 3.63) is 80.3 Å². The fourth-order valence-corrected chi connectivity index (χ4v) is 9.10. The van der Waals surface area contributed by atoms with Gasteiger partial charge in [-0.2, -0.15) is 30.7 Å². The number of alkyl halides is 8. The lowest BCUT2D eigenvalue weighted by atomic mass is 9.78. The van der Waals surface area contributed by atoms with Crippen LogP contribution in [0.4, 0.5) is 30.7 Å². The highest BCUT2D eigenvalue weighted by atomic mass is 79.9. The van der Waals surface area contributed by atoms with E-state index in [0.29, 0.717) is 5.56 Å². The SMILES string of the molecule is O=S(C1(c2ccccc2Cl)C=C(Br)CC(Br)(c2ccccc2Cl)C1)C(F)(F)C(F)(F)C(F)(F)F. The van der Waals surface area contributed by atoms with Crippen molar-refractivity contribution >= 4 is 65.9 Å². The second-order valence-electron chi connectivity index (χ2n) is 7.62. The molecule has 1 aliphatic carbocycles. The Labute approximate surface area is 219 Å². The van der Waals surface area contributed by atoms with Crippen LogP contribution in [0.2, 0.25) is 10.0 Å². The molecular weight excluding hydrogens is 664 g/mol. The predicted molar refractivity (Wildman–Crippen MR) is 126 cm³/mol. The van der Waals surface area contributed by atoms with Crippen molar-refractivity contribution in [2.45, 2.75) is 39.3 Å². The van der Waals surface area contributed by atoms with E-state index in [2.05, 4.69) is 31.9 Å². The Bertz CT molecular complexity index is 1160. The van der Waals surface area contributed by atoms with Crippen molar-refractivity contribution in [3.8, 4) is 0 Å². The molecule has 0 spiro atoms. The van der Waals surface area contributed by atoms with Crippen molar-refractivity contribution in [1.29, 1.82) is 0 Å². The first kappa shape index (κ1) is 28.0. The zero-order chi connectivity index (χ0) is 25.7. The average Bonchev–Trinajstić information content (AvgIpc) is 2.72. The molecule has 2 aromatic rings. The fourth-order valence-electron chi connectivity index (χ4n) is 3.82. The molecule has 1 nitrogen and oxygen atoms in total. The van der Waals surface area contributed by atoms with Gasteiger partial charge in [0.1, 0.15) is 10.8 Å². The van der Waals surface area contributed by atoms with Gasteiger partial charge in [0.2, 0.25) is 0 Å². The molecule has 0 aromatic heterocycles. The molecule has 34 heavy (non-hydrogen) atoms. The summed E-state index contributed by atoms with van der Waals surface area (Å²) in [4.78, 5) is 0. The highest BCUT2D eigenvalue weighted by Crippen LogP contribution is 2.60. The summed E-state index contributed by atoms with van der Waals surface area (Å²) < 4.78 is 106. The van der Waals surface area contributed by atoms with Crippen molar-refractivity contribution < 1.29 is 34.9 Å². The van der Waals surface area contributed by atoms with E-state index >= 15 is 0 Å². The van der Waals surface area contributed by atoms with Gasteiger partial charge in [0.05, 0.1) is 9.07 Å². The van der Waals surface area contributed by atoms with E-state index in [1.54, 1.807) is 12.1 Å². The summed E-state index contributed by atoms with van der Waals surface area (Å²) in [6, 6.07) is 11.3. The molecule has 0 heterocycles. The minimum absolute atomic E-state index is 0.0430. The molecule has 2 aromatic carbocycles. The molecule has 0 radical (unpaired) electrons. The smallest absolute Gasteiger partial charge is 0.252 e. The summed E-state index contributed by atoms with van der Waals surface area (Å²) in [7, 11) is -4.17. The molecular formula is C21H13Br2Cl2F7OS. The summed E-state index contributed by atoms with van der Waals surface area (Å²) in [6.45, 7) is 0. The van der Waals surface area contributed by atoms with Gasteiger partial charge in [-0.1, -0.05) is 97.5 Å². The van der Waals surface area contributed by atoms with E-state index in [4.69, 9.17) is 23.2 Å². The number of benzene rings is 2. The van der Waals surface area contributed by atoms with Gasteiger partial charge in [0.25, 0.3) is 0 Å². The number of hydrogen-bond acceptors (Lipinski definition) is 1. The van der Waals surface area contributed by atoms with Crippen molar-refractivity contribution in [2.24, 2.45) is 0 Å². The Morgan fingerprint density at radius 3 is 1.79 bits per heavy atom. The van der Waals surface area contributed by atoms with E-state index in [1.807, 2.05) is 0 Å². The molecule has 0 saturated carbocycles. The first-order chi connectivity index (χ1) is 15.5. The predicted octanol–water partition coefficient (Wildman–Crippen LogP) is 9.09. The van der Waals surface area contributed by atoms with Crippen LogP contribution in [0.5, 0.6) is 0 Å². The van der Waals surface area contributed by atoms with Crippen LogP contribution in [-0.4, -0.2) is 21.6 Å². The van der Waals surface area contributed by atoms with E-state index in [-0.39, 0.29) is 26.5 Å². The Kier molecular flexibility index (Phi) is 7.69. The third kappa shape index (κ3) is 4.60. The Balaban J connectivity index is 2.33. The number of allylic oxidation sites excluding steroid dienone is 1. The molecule has 0 amide bonds. The van der Waals surface area contributed by atoms with E-state index in [0.717, 1.165) is 12.1 Å². The van der Waals surface area contributed by atoms with Crippen LogP contribution in [0.1, 0.15) is 24.0 Å². The van der Waals surface area contributed by atoms with Gasteiger partial charge in [-0.3, -0.25) is 4.21 Å². The minimum Gasteiger partial charge on any atom is -0.252 e. The monoisotopic (exact) mass is 674 g/mol. The highest BCUT2D eigenvalue weighted by molar-refractivity contribution is 9.12. The first-order valence-electron chi connectivity index (χ1n) is 9.30. The molecule has 186 valence electrons. The topological polar surface area (TPSA) is 17.1 Å². The normalized spacial score (nSPS) is 25.1. The Morgan fingerprint density at radius 1 is 0.853 bits per heavy atom. The van der Waals surface area contributed by atoms with E-state index in [9.17, 15) is 34.9 Å². The second kappa shape index (κ2) is 9.36. The molecule has 13 heteroatoms. The molecule has 3 rings (SSSR count). The first-order valence-corrected chi connectivity index (χ1v) is 12.8. The molecule has 0 fully saturated rings. The van der Waals surface area contributed by atoms with E-state index in [1.165, 1.54) is 30.3 Å². The zero-order valence-corrected chi connectivity index (χ0v) is 22.1. The largest absolute Gasteiger partial charge is 0.461 e. The van der Waals surface area contributed by atoms with Crippen LogP contribution in [0.3, 0.4) is 0 Å². The number of hydrogen-bond donors (Lipinski definition) is 0. The maximum atomic E-state index is 14.9. The molecule has 3 atom stereocenters. The second-order valence-corrected chi connectivity index (χ2v) is 12.7. The summed E-state index contributed by atoms with van der Waals surface area (Å²) >= 11 is 19.1. The fraction of sp³-hybridized carbons (Fsp3) is 0.333. The van der Waals surface area contributed by atoms with Gasteiger partial charge >= 0.3 is 17.4 Å². The van der Waals surface area contributed by atoms with Gasteiger partial charge in [-0.15, -0.1) is 0 Å². The van der Waals surface area contributed by atoms with Gasteiger partial charge in [-0.25, -0.2) is 0 Å². The molecule has 0 saturated heterocycles. The summed E-state index contributed by atoms with van der Waals surface area (Å²) in [5.41, 5.74) is 0.0289. The zero-order valence-electron chi connectivity index (χ0n) is 16.6. The van der Waals surface area contributed by atoms with Crippen LogP contribution < -0.4 is 0 Å². The molecule has 1 aliphatic rings. The van der Waals surface area contributed by atoms with Crippen LogP contribution >= 0.6 is 55.1 Å². The summed E-state index contributed by atoms with van der Waals surface area (Å²) in [6.07, 6.45) is -6.28. The standard InChI is InChI=1S/C21H13Br2Cl2F7OS/c22-12-9-17(23,13-5-1-3-7-15(13)24)11-18(10-12,14-6-2-4-8-16(14)25)34(33)21(31,32)19(26,27)20(28,29)30/h1-8,10H,9,11H2. The highest BCUT2D eigenvalue weighted by Gasteiger charge is 2.78. The van der Waals surface area contributed by atoms with Crippen LogP contribution in [0.25, 0.3) is 0 Å². The van der Waals surface area contributed by atoms with Crippen molar-refractivity contribution in [1.82, 2.24) is 0 Å². The van der Waals surface area contributed by atoms with Gasteiger partial charge in [-0.05, 0) is 40.6 Å².